The van der Waals surface area contributed by atoms with E-state index in [0.717, 1.165) is 48.2 Å². The van der Waals surface area contributed by atoms with E-state index in [0.29, 0.717) is 12.0 Å². The average Bonchev–Trinajstić information content (AvgIpc) is 2.99. The van der Waals surface area contributed by atoms with Gasteiger partial charge in [-0.1, -0.05) is 6.07 Å². The van der Waals surface area contributed by atoms with Crippen molar-refractivity contribution < 1.29 is 9.90 Å². The standard InChI is InChI=1S/C22H31BrN4O2/c1-5-27(6-2)22(29)24-14-9-15-16-7-13(12(3)28)8-18-20(16)17(21(23)25-18)10-19(15)26(4)11-14/h7-8,12,14-15,19,25,28H,5-6,9-11H2,1-4H3,(H,24,29)/t12?,14-,15+,19+/m0/s1. The summed E-state index contributed by atoms with van der Waals surface area (Å²) < 4.78 is 1.04. The van der Waals surface area contributed by atoms with Crippen LogP contribution < -0.4 is 5.32 Å². The van der Waals surface area contributed by atoms with Crippen molar-refractivity contribution >= 4 is 32.9 Å². The van der Waals surface area contributed by atoms with Crippen LogP contribution >= 0.6 is 15.9 Å². The van der Waals surface area contributed by atoms with E-state index in [2.05, 4.69) is 50.3 Å². The lowest BCUT2D eigenvalue weighted by Gasteiger charge is -2.46. The van der Waals surface area contributed by atoms with Gasteiger partial charge in [-0.2, -0.15) is 0 Å². The second kappa shape index (κ2) is 7.93. The lowest BCUT2D eigenvalue weighted by Crippen LogP contribution is -2.56. The monoisotopic (exact) mass is 462 g/mol. The molecule has 6 nitrogen and oxygen atoms in total. The van der Waals surface area contributed by atoms with E-state index in [9.17, 15) is 9.90 Å². The number of hydrogen-bond donors (Lipinski definition) is 3. The molecular formula is C22H31BrN4O2. The molecule has 29 heavy (non-hydrogen) atoms. The number of piperidine rings is 1. The highest BCUT2D eigenvalue weighted by Gasteiger charge is 2.41. The Labute approximate surface area is 180 Å². The lowest BCUT2D eigenvalue weighted by molar-refractivity contribution is 0.123. The third kappa shape index (κ3) is 3.57. The molecule has 1 aliphatic carbocycles. The number of urea groups is 1. The number of nitrogens with one attached hydrogen (secondary N) is 2. The van der Waals surface area contributed by atoms with Crippen molar-refractivity contribution in [3.63, 3.8) is 0 Å². The van der Waals surface area contributed by atoms with Crippen molar-refractivity contribution in [2.75, 3.05) is 26.7 Å². The number of halogens is 1. The van der Waals surface area contributed by atoms with E-state index >= 15 is 0 Å². The Balaban J connectivity index is 1.70. The van der Waals surface area contributed by atoms with Crippen LogP contribution in [0.15, 0.2) is 16.7 Å². The number of benzene rings is 1. The molecule has 0 bridgehead atoms. The van der Waals surface area contributed by atoms with E-state index in [4.69, 9.17) is 0 Å². The first-order valence-electron chi connectivity index (χ1n) is 10.6. The van der Waals surface area contributed by atoms with Crippen molar-refractivity contribution in [2.24, 2.45) is 0 Å². The smallest absolute Gasteiger partial charge is 0.317 e. The Morgan fingerprint density at radius 3 is 2.79 bits per heavy atom. The number of carbonyl (C=O) groups is 1. The van der Waals surface area contributed by atoms with Crippen molar-refractivity contribution in [2.45, 2.75) is 57.7 Å². The third-order valence-corrected chi connectivity index (χ3v) is 7.43. The predicted octanol–water partition coefficient (Wildman–Crippen LogP) is 3.75. The summed E-state index contributed by atoms with van der Waals surface area (Å²) in [6.45, 7) is 8.12. The maximum Gasteiger partial charge on any atom is 0.317 e. The van der Waals surface area contributed by atoms with Crippen molar-refractivity contribution in [3.8, 4) is 0 Å². The van der Waals surface area contributed by atoms with Crippen LogP contribution in [0, 0.1) is 0 Å². The summed E-state index contributed by atoms with van der Waals surface area (Å²) >= 11 is 3.71. The molecular weight excluding hydrogens is 432 g/mol. The van der Waals surface area contributed by atoms with E-state index in [-0.39, 0.29) is 12.1 Å². The summed E-state index contributed by atoms with van der Waals surface area (Å²) in [4.78, 5) is 20.3. The molecule has 2 aromatic rings. The minimum Gasteiger partial charge on any atom is -0.389 e. The number of likely N-dealkylation sites (N-methyl/N-ethyl adjacent to an activating group) is 1. The first-order valence-corrected chi connectivity index (χ1v) is 11.4. The summed E-state index contributed by atoms with van der Waals surface area (Å²) in [5.41, 5.74) is 4.63. The van der Waals surface area contributed by atoms with Crippen LogP contribution in [0.3, 0.4) is 0 Å². The molecule has 1 saturated heterocycles. The number of rotatable bonds is 4. The van der Waals surface area contributed by atoms with Gasteiger partial charge in [-0.3, -0.25) is 0 Å². The minimum absolute atomic E-state index is 0.0237. The molecule has 1 fully saturated rings. The lowest BCUT2D eigenvalue weighted by atomic mass is 9.73. The largest absolute Gasteiger partial charge is 0.389 e. The number of aliphatic hydroxyl groups is 1. The number of carbonyl (C=O) groups excluding carboxylic acids is 1. The maximum absolute atomic E-state index is 12.6. The van der Waals surface area contributed by atoms with Gasteiger partial charge in [-0.25, -0.2) is 4.79 Å². The predicted molar refractivity (Wildman–Crippen MR) is 119 cm³/mol. The highest BCUT2D eigenvalue weighted by molar-refractivity contribution is 9.10. The van der Waals surface area contributed by atoms with Crippen LogP contribution in [0.25, 0.3) is 10.9 Å². The highest BCUT2D eigenvalue weighted by Crippen LogP contribution is 2.46. The molecule has 7 heteroatoms. The fourth-order valence-corrected chi connectivity index (χ4v) is 5.78. The first-order chi connectivity index (χ1) is 13.8. The zero-order valence-electron chi connectivity index (χ0n) is 17.6. The van der Waals surface area contributed by atoms with Gasteiger partial charge in [0, 0.05) is 48.5 Å². The number of H-pyrrole nitrogens is 1. The van der Waals surface area contributed by atoms with E-state index in [1.807, 2.05) is 25.7 Å². The van der Waals surface area contributed by atoms with Gasteiger partial charge in [-0.05, 0) is 79.3 Å². The maximum atomic E-state index is 12.6. The fraction of sp³-hybridized carbons (Fsp3) is 0.591. The first kappa shape index (κ1) is 20.7. The quantitative estimate of drug-likeness (QED) is 0.647. The topological polar surface area (TPSA) is 71.6 Å². The number of hydrogen-bond acceptors (Lipinski definition) is 3. The van der Waals surface area contributed by atoms with Crippen molar-refractivity contribution in [1.29, 1.82) is 0 Å². The summed E-state index contributed by atoms with van der Waals surface area (Å²) in [5.74, 6) is 0.326. The van der Waals surface area contributed by atoms with Gasteiger partial charge in [0.2, 0.25) is 0 Å². The summed E-state index contributed by atoms with van der Waals surface area (Å²) in [5, 5.41) is 14.8. The van der Waals surface area contributed by atoms with Gasteiger partial charge in [0.05, 0.1) is 10.7 Å². The molecule has 1 aliphatic heterocycles. The number of aromatic nitrogens is 1. The number of nitrogens with zero attached hydrogens (tertiary/aromatic N) is 2. The Kier molecular flexibility index (Phi) is 5.66. The van der Waals surface area contributed by atoms with Crippen LogP contribution in [0.5, 0.6) is 0 Å². The number of aliphatic hydroxyl groups excluding tert-OH is 1. The normalized spacial score (nSPS) is 25.0. The molecule has 1 aromatic heterocycles. The van der Waals surface area contributed by atoms with Gasteiger partial charge >= 0.3 is 6.03 Å². The molecule has 2 amide bonds. The van der Waals surface area contributed by atoms with Crippen LogP contribution in [0.4, 0.5) is 4.79 Å². The fourth-order valence-electron chi connectivity index (χ4n) is 5.20. The second-order valence-corrected chi connectivity index (χ2v) is 9.29. The van der Waals surface area contributed by atoms with E-state index in [1.54, 1.807) is 0 Å². The van der Waals surface area contributed by atoms with Gasteiger partial charge in [0.15, 0.2) is 0 Å². The van der Waals surface area contributed by atoms with Gasteiger partial charge in [0.1, 0.15) is 0 Å². The van der Waals surface area contributed by atoms with Gasteiger partial charge in [-0.15, -0.1) is 0 Å². The zero-order valence-corrected chi connectivity index (χ0v) is 19.2. The van der Waals surface area contributed by atoms with Crippen molar-refractivity contribution in [1.82, 2.24) is 20.1 Å². The molecule has 0 saturated carbocycles. The molecule has 4 rings (SSSR count). The minimum atomic E-state index is -0.513. The summed E-state index contributed by atoms with van der Waals surface area (Å²) in [7, 11) is 2.16. The molecule has 1 unspecified atom stereocenters. The van der Waals surface area contributed by atoms with Crippen molar-refractivity contribution in [3.05, 3.63) is 33.4 Å². The van der Waals surface area contributed by atoms with Crippen LogP contribution in [-0.4, -0.2) is 64.7 Å². The Morgan fingerprint density at radius 1 is 1.41 bits per heavy atom. The third-order valence-electron chi connectivity index (χ3n) is 6.75. The SMILES string of the molecule is CCN(CC)C(=O)N[C@H]1C[C@@H]2c3cc(C(C)O)cc4[nH]c(Br)c(c34)C[C@H]2N(C)C1. The number of aromatic amines is 1. The molecule has 3 N–H and O–H groups in total. The molecule has 158 valence electrons. The van der Waals surface area contributed by atoms with Crippen LogP contribution in [0.1, 0.15) is 55.9 Å². The number of fused-ring (bicyclic) bond motifs is 2. The second-order valence-electron chi connectivity index (χ2n) is 8.50. The Morgan fingerprint density at radius 2 is 2.14 bits per heavy atom. The highest BCUT2D eigenvalue weighted by atomic mass is 79.9. The number of likely N-dealkylation sites (tertiary alicyclic amines) is 1. The molecule has 1 aromatic carbocycles. The van der Waals surface area contributed by atoms with E-state index in [1.165, 1.54) is 16.5 Å². The Hall–Kier alpha value is -1.57. The van der Waals surface area contributed by atoms with Gasteiger partial charge < -0.3 is 25.2 Å². The summed E-state index contributed by atoms with van der Waals surface area (Å²) in [6, 6.07) is 4.77. The van der Waals surface area contributed by atoms with E-state index < -0.39 is 6.10 Å². The molecule has 2 aliphatic rings. The average molecular weight is 463 g/mol. The molecule has 0 radical (unpaired) electrons. The van der Waals surface area contributed by atoms with Crippen LogP contribution in [-0.2, 0) is 6.42 Å². The zero-order chi connectivity index (χ0) is 20.9. The molecule has 2 heterocycles. The molecule has 0 spiro atoms. The summed E-state index contributed by atoms with van der Waals surface area (Å²) in [6.07, 6.45) is 1.39. The van der Waals surface area contributed by atoms with Gasteiger partial charge in [0.25, 0.3) is 0 Å². The van der Waals surface area contributed by atoms with Crippen LogP contribution in [0.2, 0.25) is 0 Å². The Bertz CT molecular complexity index is 921. The number of amides is 2. The molecule has 4 atom stereocenters.